The van der Waals surface area contributed by atoms with Crippen LogP contribution in [0.15, 0.2) is 83.4 Å². The Kier molecular flexibility index (Phi) is 8.72. The van der Waals surface area contributed by atoms with Crippen LogP contribution in [0.5, 0.6) is 11.5 Å². The number of hydrogen-bond donors (Lipinski definition) is 0. The van der Waals surface area contributed by atoms with E-state index in [4.69, 9.17) is 18.7 Å². The highest BCUT2D eigenvalue weighted by Gasteiger charge is 2.13. The van der Waals surface area contributed by atoms with Crippen LogP contribution in [0.25, 0.3) is 22.6 Å². The first-order chi connectivity index (χ1) is 17.4. The largest absolute Gasteiger partial charge is 0.465 e. The van der Waals surface area contributed by atoms with Gasteiger partial charge in [0.05, 0.1) is 18.2 Å². The normalized spacial score (nSPS) is 10.0. The van der Waals surface area contributed by atoms with Gasteiger partial charge >= 0.3 is 17.9 Å². The van der Waals surface area contributed by atoms with Crippen molar-refractivity contribution in [2.45, 2.75) is 20.8 Å². The Bertz CT molecular complexity index is 1320. The first-order valence-corrected chi connectivity index (χ1v) is 11.2. The summed E-state index contributed by atoms with van der Waals surface area (Å²) >= 11 is 0. The maximum absolute atomic E-state index is 12.4. The molecule has 0 saturated heterocycles. The van der Waals surface area contributed by atoms with Crippen LogP contribution >= 0.6 is 0 Å². The number of carbonyl (C=O) groups is 3. The molecule has 0 bridgehead atoms. The summed E-state index contributed by atoms with van der Waals surface area (Å²) in [6, 6.07) is 21.5. The van der Waals surface area contributed by atoms with Gasteiger partial charge in [-0.2, -0.15) is 0 Å². The van der Waals surface area contributed by atoms with Crippen molar-refractivity contribution in [3.8, 4) is 34.1 Å². The van der Waals surface area contributed by atoms with E-state index in [9.17, 15) is 14.4 Å². The molecular weight excluding hydrogens is 462 g/mol. The molecule has 1 aromatic heterocycles. The summed E-state index contributed by atoms with van der Waals surface area (Å²) < 4.78 is 20.5. The summed E-state index contributed by atoms with van der Waals surface area (Å²) in [7, 11) is 1.33. The van der Waals surface area contributed by atoms with Crippen LogP contribution in [0, 0.1) is 0 Å². The van der Waals surface area contributed by atoms with E-state index in [0.717, 1.165) is 11.1 Å². The van der Waals surface area contributed by atoms with Crippen molar-refractivity contribution in [2.24, 2.45) is 0 Å². The average Bonchev–Trinajstić information content (AvgIpc) is 3.40. The summed E-state index contributed by atoms with van der Waals surface area (Å²) in [5.74, 6) is -0.143. The van der Waals surface area contributed by atoms with E-state index in [1.54, 1.807) is 54.6 Å². The second kappa shape index (κ2) is 12.1. The Morgan fingerprint density at radius 3 is 1.78 bits per heavy atom. The summed E-state index contributed by atoms with van der Waals surface area (Å²) in [5, 5.41) is 4.09. The van der Waals surface area contributed by atoms with E-state index < -0.39 is 17.9 Å². The molecule has 0 aliphatic rings. The second-order valence-corrected chi connectivity index (χ2v) is 7.18. The highest BCUT2D eigenvalue weighted by Crippen LogP contribution is 2.28. The molecule has 0 spiro atoms. The Labute approximate surface area is 208 Å². The molecule has 3 aromatic carbocycles. The predicted molar refractivity (Wildman–Crippen MR) is 133 cm³/mol. The third kappa shape index (κ3) is 6.44. The van der Waals surface area contributed by atoms with Crippen molar-refractivity contribution in [3.05, 3.63) is 90.0 Å². The van der Waals surface area contributed by atoms with Gasteiger partial charge in [0.25, 0.3) is 0 Å². The molecule has 0 atom stereocenters. The highest BCUT2D eigenvalue weighted by molar-refractivity contribution is 5.91. The van der Waals surface area contributed by atoms with Gasteiger partial charge in [-0.1, -0.05) is 31.1 Å². The van der Waals surface area contributed by atoms with Crippen molar-refractivity contribution in [2.75, 3.05) is 7.11 Å². The Hall–Kier alpha value is -4.72. The smallest absolute Gasteiger partial charge is 0.343 e. The summed E-state index contributed by atoms with van der Waals surface area (Å²) in [6.45, 7) is 5.30. The van der Waals surface area contributed by atoms with Crippen LogP contribution in [-0.2, 0) is 9.53 Å². The molecule has 0 saturated carbocycles. The van der Waals surface area contributed by atoms with Gasteiger partial charge in [-0.15, -0.1) is 0 Å². The fourth-order valence-corrected chi connectivity index (χ4v) is 3.12. The number of aromatic nitrogens is 1. The van der Waals surface area contributed by atoms with Crippen LogP contribution in [-0.4, -0.2) is 30.2 Å². The van der Waals surface area contributed by atoms with Crippen LogP contribution in [0.3, 0.4) is 0 Å². The molecular formula is C28H25NO7. The number of benzene rings is 3. The first kappa shape index (κ1) is 25.9. The highest BCUT2D eigenvalue weighted by atomic mass is 16.5. The maximum atomic E-state index is 12.4. The van der Waals surface area contributed by atoms with Gasteiger partial charge in [0.1, 0.15) is 17.2 Å². The number of hydrogen-bond acceptors (Lipinski definition) is 8. The Morgan fingerprint density at radius 2 is 1.19 bits per heavy atom. The lowest BCUT2D eigenvalue weighted by Gasteiger charge is -2.06. The van der Waals surface area contributed by atoms with Crippen molar-refractivity contribution in [1.82, 2.24) is 5.16 Å². The van der Waals surface area contributed by atoms with Gasteiger partial charge in [0.2, 0.25) is 0 Å². The monoisotopic (exact) mass is 487 g/mol. The van der Waals surface area contributed by atoms with E-state index >= 15 is 0 Å². The molecule has 4 rings (SSSR count). The average molecular weight is 488 g/mol. The maximum Gasteiger partial charge on any atom is 0.343 e. The number of esters is 3. The van der Waals surface area contributed by atoms with E-state index in [2.05, 4.69) is 5.16 Å². The molecule has 0 radical (unpaired) electrons. The quantitative estimate of drug-likeness (QED) is 0.242. The molecule has 8 nitrogen and oxygen atoms in total. The zero-order valence-corrected chi connectivity index (χ0v) is 20.3. The second-order valence-electron chi connectivity index (χ2n) is 7.18. The Balaban J connectivity index is 0.00000176. The van der Waals surface area contributed by atoms with Crippen molar-refractivity contribution < 1.29 is 33.1 Å². The minimum Gasteiger partial charge on any atom is -0.465 e. The lowest BCUT2D eigenvalue weighted by atomic mass is 10.1. The van der Waals surface area contributed by atoms with Crippen LogP contribution in [0.1, 0.15) is 41.5 Å². The van der Waals surface area contributed by atoms with E-state index in [1.165, 1.54) is 38.3 Å². The van der Waals surface area contributed by atoms with E-state index in [1.807, 2.05) is 13.8 Å². The SMILES string of the molecule is CC.COC(=O)c1ccc(-c2cc(-c3ccc(OC(=O)c4ccc(OC(C)=O)cc4)cc3)no2)cc1. The summed E-state index contributed by atoms with van der Waals surface area (Å²) in [6.07, 6.45) is 0. The van der Waals surface area contributed by atoms with Gasteiger partial charge in [0, 0.05) is 24.1 Å². The first-order valence-electron chi connectivity index (χ1n) is 11.2. The molecule has 1 heterocycles. The number of ether oxygens (including phenoxy) is 3. The summed E-state index contributed by atoms with van der Waals surface area (Å²) in [4.78, 5) is 34.9. The zero-order valence-electron chi connectivity index (χ0n) is 20.3. The standard InChI is InChI=1S/C26H19NO7.C2H6/c1-16(28)32-21-13-9-20(10-14-21)26(30)33-22-11-7-17(8-12-22)23-15-24(34-27-23)18-3-5-19(6-4-18)25(29)31-2;1-2/h3-15H,1-2H3;1-2H3. The fourth-order valence-electron chi connectivity index (χ4n) is 3.12. The van der Waals surface area contributed by atoms with Crippen LogP contribution < -0.4 is 9.47 Å². The van der Waals surface area contributed by atoms with Crippen molar-refractivity contribution >= 4 is 17.9 Å². The molecule has 36 heavy (non-hydrogen) atoms. The summed E-state index contributed by atoms with van der Waals surface area (Å²) in [5.41, 5.74) is 2.89. The minimum atomic E-state index is -0.541. The predicted octanol–water partition coefficient (Wildman–Crippen LogP) is 5.97. The molecule has 0 aliphatic heterocycles. The molecule has 0 fully saturated rings. The van der Waals surface area contributed by atoms with Gasteiger partial charge in [0.15, 0.2) is 5.76 Å². The van der Waals surface area contributed by atoms with Crippen LogP contribution in [0.4, 0.5) is 0 Å². The van der Waals surface area contributed by atoms with Crippen LogP contribution in [0.2, 0.25) is 0 Å². The molecule has 0 N–H and O–H groups in total. The van der Waals surface area contributed by atoms with E-state index in [0.29, 0.717) is 34.1 Å². The fraction of sp³-hybridized carbons (Fsp3) is 0.143. The van der Waals surface area contributed by atoms with Gasteiger partial charge in [-0.25, -0.2) is 9.59 Å². The number of carbonyl (C=O) groups excluding carboxylic acids is 3. The third-order valence-corrected chi connectivity index (χ3v) is 4.81. The van der Waals surface area contributed by atoms with Gasteiger partial charge in [-0.3, -0.25) is 4.79 Å². The molecule has 0 amide bonds. The molecule has 8 heteroatoms. The number of methoxy groups -OCH3 is 1. The van der Waals surface area contributed by atoms with Gasteiger partial charge < -0.3 is 18.7 Å². The molecule has 0 aliphatic carbocycles. The van der Waals surface area contributed by atoms with Crippen molar-refractivity contribution in [3.63, 3.8) is 0 Å². The van der Waals surface area contributed by atoms with E-state index in [-0.39, 0.29) is 0 Å². The molecule has 0 unspecified atom stereocenters. The lowest BCUT2D eigenvalue weighted by molar-refractivity contribution is -0.131. The van der Waals surface area contributed by atoms with Crippen molar-refractivity contribution in [1.29, 1.82) is 0 Å². The Morgan fingerprint density at radius 1 is 0.694 bits per heavy atom. The zero-order chi connectivity index (χ0) is 26.1. The third-order valence-electron chi connectivity index (χ3n) is 4.81. The molecule has 184 valence electrons. The number of nitrogens with zero attached hydrogens (tertiary/aromatic N) is 1. The molecule has 4 aromatic rings. The minimum absolute atomic E-state index is 0.319. The topological polar surface area (TPSA) is 105 Å². The number of rotatable bonds is 6. The lowest BCUT2D eigenvalue weighted by Crippen LogP contribution is -2.08. The van der Waals surface area contributed by atoms with Gasteiger partial charge in [-0.05, 0) is 60.7 Å².